The molecule has 2 bridgehead atoms. The van der Waals surface area contributed by atoms with Crippen molar-refractivity contribution in [1.29, 1.82) is 0 Å². The molecule has 3 saturated heterocycles. The number of benzene rings is 2. The molecular weight excluding hydrogens is 428 g/mol. The molecule has 0 amide bonds. The summed E-state index contributed by atoms with van der Waals surface area (Å²) in [5.41, 5.74) is 3.70. The zero-order chi connectivity index (χ0) is 23.3. The van der Waals surface area contributed by atoms with Crippen LogP contribution in [-0.2, 0) is 13.1 Å². The SMILES string of the molecule is O=[N+]([O-])c1ccc(Cn2c(CN3CCNCCN4CCN(CC4)CC3)cc3ccccc32)cc1. The molecule has 8 nitrogen and oxygen atoms in total. The van der Waals surface area contributed by atoms with Gasteiger partial charge in [-0.3, -0.25) is 24.8 Å². The average molecular weight is 463 g/mol. The van der Waals surface area contributed by atoms with Crippen LogP contribution in [-0.4, -0.2) is 89.6 Å². The molecule has 3 aromatic rings. The van der Waals surface area contributed by atoms with Gasteiger partial charge in [0, 0.05) is 102 Å². The first-order valence-corrected chi connectivity index (χ1v) is 12.3. The number of rotatable bonds is 5. The van der Waals surface area contributed by atoms with E-state index in [1.54, 1.807) is 12.1 Å². The molecule has 3 fully saturated rings. The largest absolute Gasteiger partial charge is 0.339 e. The fourth-order valence-corrected chi connectivity index (χ4v) is 5.11. The van der Waals surface area contributed by atoms with E-state index in [4.69, 9.17) is 0 Å². The lowest BCUT2D eigenvalue weighted by atomic mass is 10.2. The second-order valence-electron chi connectivity index (χ2n) is 9.41. The van der Waals surface area contributed by atoms with Gasteiger partial charge in [0.1, 0.15) is 0 Å². The smallest absolute Gasteiger partial charge is 0.269 e. The third-order valence-corrected chi connectivity index (χ3v) is 7.18. The molecule has 8 heteroatoms. The molecule has 1 N–H and O–H groups in total. The summed E-state index contributed by atoms with van der Waals surface area (Å²) in [5.74, 6) is 0. The van der Waals surface area contributed by atoms with Crippen LogP contribution in [0.2, 0.25) is 0 Å². The van der Waals surface area contributed by atoms with Gasteiger partial charge in [-0.1, -0.05) is 30.3 Å². The molecule has 0 spiro atoms. The van der Waals surface area contributed by atoms with Crippen LogP contribution < -0.4 is 5.32 Å². The number of piperazine rings is 1. The van der Waals surface area contributed by atoms with E-state index in [9.17, 15) is 10.1 Å². The Labute approximate surface area is 200 Å². The van der Waals surface area contributed by atoms with Crippen molar-refractivity contribution >= 4 is 16.6 Å². The average Bonchev–Trinajstić information content (AvgIpc) is 3.19. The fourth-order valence-electron chi connectivity index (χ4n) is 5.11. The minimum Gasteiger partial charge on any atom is -0.339 e. The quantitative estimate of drug-likeness (QED) is 0.464. The van der Waals surface area contributed by atoms with Gasteiger partial charge in [0.15, 0.2) is 0 Å². The van der Waals surface area contributed by atoms with Crippen molar-refractivity contribution in [2.75, 3.05) is 65.4 Å². The van der Waals surface area contributed by atoms with Gasteiger partial charge in [-0.25, -0.2) is 0 Å². The van der Waals surface area contributed by atoms with Crippen molar-refractivity contribution in [2.45, 2.75) is 13.1 Å². The molecule has 0 saturated carbocycles. The monoisotopic (exact) mass is 462 g/mol. The Balaban J connectivity index is 1.36. The first-order valence-electron chi connectivity index (χ1n) is 12.3. The number of nitro groups is 1. The maximum absolute atomic E-state index is 11.0. The standard InChI is InChI=1S/C26H34N6O2/c33-32(34)24-7-5-22(6-8-24)20-31-25(19-23-3-1-2-4-26(23)31)21-30-12-10-27-9-11-28-13-15-29(16-14-28)17-18-30/h1-8,19,27H,9-18,20-21H2. The molecule has 0 radical (unpaired) electrons. The number of nitro benzene ring substituents is 1. The van der Waals surface area contributed by atoms with Crippen LogP contribution in [0.4, 0.5) is 5.69 Å². The van der Waals surface area contributed by atoms with Crippen LogP contribution in [0.3, 0.4) is 0 Å². The van der Waals surface area contributed by atoms with E-state index in [0.717, 1.165) is 64.5 Å². The second-order valence-corrected chi connectivity index (χ2v) is 9.41. The summed E-state index contributed by atoms with van der Waals surface area (Å²) in [5, 5.41) is 15.9. The first-order chi connectivity index (χ1) is 16.7. The second kappa shape index (κ2) is 10.7. The minimum absolute atomic E-state index is 0.133. The van der Waals surface area contributed by atoms with Crippen molar-refractivity contribution in [3.8, 4) is 0 Å². The molecule has 3 aliphatic rings. The number of para-hydroxylation sites is 1. The molecule has 2 aromatic carbocycles. The van der Waals surface area contributed by atoms with E-state index in [0.29, 0.717) is 6.54 Å². The lowest BCUT2D eigenvalue weighted by Gasteiger charge is -2.36. The highest BCUT2D eigenvalue weighted by Gasteiger charge is 2.19. The van der Waals surface area contributed by atoms with Gasteiger partial charge in [0.2, 0.25) is 0 Å². The van der Waals surface area contributed by atoms with E-state index in [-0.39, 0.29) is 10.6 Å². The van der Waals surface area contributed by atoms with Crippen LogP contribution in [0.1, 0.15) is 11.3 Å². The Bertz CT molecular complexity index is 1100. The molecular formula is C26H34N6O2. The van der Waals surface area contributed by atoms with Gasteiger partial charge in [-0.2, -0.15) is 0 Å². The molecule has 0 aliphatic carbocycles. The van der Waals surface area contributed by atoms with E-state index in [1.807, 2.05) is 12.1 Å². The van der Waals surface area contributed by atoms with Gasteiger partial charge in [0.05, 0.1) is 4.92 Å². The Morgan fingerprint density at radius 1 is 0.794 bits per heavy atom. The minimum atomic E-state index is -0.342. The highest BCUT2D eigenvalue weighted by Crippen LogP contribution is 2.23. The Morgan fingerprint density at radius 2 is 1.47 bits per heavy atom. The predicted molar refractivity (Wildman–Crippen MR) is 135 cm³/mol. The summed E-state index contributed by atoms with van der Waals surface area (Å²) in [6.07, 6.45) is 0. The van der Waals surface area contributed by atoms with Crippen molar-refractivity contribution in [2.24, 2.45) is 0 Å². The van der Waals surface area contributed by atoms with Crippen molar-refractivity contribution in [3.63, 3.8) is 0 Å². The van der Waals surface area contributed by atoms with Gasteiger partial charge in [-0.15, -0.1) is 0 Å². The molecule has 6 rings (SSSR count). The van der Waals surface area contributed by atoms with E-state index in [2.05, 4.69) is 54.9 Å². The zero-order valence-electron chi connectivity index (χ0n) is 19.7. The number of hydrogen-bond acceptors (Lipinski definition) is 6. The summed E-state index contributed by atoms with van der Waals surface area (Å²) < 4.78 is 2.37. The maximum atomic E-state index is 11.0. The summed E-state index contributed by atoms with van der Waals surface area (Å²) in [6.45, 7) is 12.6. The third-order valence-electron chi connectivity index (χ3n) is 7.18. The lowest BCUT2D eigenvalue weighted by molar-refractivity contribution is -0.384. The Hall–Kier alpha value is -2.78. The maximum Gasteiger partial charge on any atom is 0.269 e. The van der Waals surface area contributed by atoms with Crippen LogP contribution in [0.5, 0.6) is 0 Å². The number of non-ortho nitro benzene ring substituents is 1. The van der Waals surface area contributed by atoms with Crippen LogP contribution >= 0.6 is 0 Å². The molecule has 0 unspecified atom stereocenters. The van der Waals surface area contributed by atoms with E-state index < -0.39 is 0 Å². The highest BCUT2D eigenvalue weighted by molar-refractivity contribution is 5.81. The fraction of sp³-hybridized carbons (Fsp3) is 0.462. The highest BCUT2D eigenvalue weighted by atomic mass is 16.6. The zero-order valence-corrected chi connectivity index (χ0v) is 19.7. The summed E-state index contributed by atoms with van der Waals surface area (Å²) in [7, 11) is 0. The topological polar surface area (TPSA) is 69.8 Å². The number of nitrogens with zero attached hydrogens (tertiary/aromatic N) is 5. The number of nitrogens with one attached hydrogen (secondary N) is 1. The summed E-state index contributed by atoms with van der Waals surface area (Å²) >= 11 is 0. The van der Waals surface area contributed by atoms with Crippen molar-refractivity contribution in [3.05, 3.63) is 76.0 Å². The van der Waals surface area contributed by atoms with Gasteiger partial charge in [0.25, 0.3) is 5.69 Å². The third kappa shape index (κ3) is 5.47. The van der Waals surface area contributed by atoms with Crippen molar-refractivity contribution in [1.82, 2.24) is 24.6 Å². The Morgan fingerprint density at radius 3 is 2.24 bits per heavy atom. The Kier molecular flexibility index (Phi) is 7.20. The summed E-state index contributed by atoms with van der Waals surface area (Å²) in [6, 6.07) is 17.8. The first kappa shape index (κ1) is 23.0. The number of aromatic nitrogens is 1. The normalized spacial score (nSPS) is 22.4. The lowest BCUT2D eigenvalue weighted by Crippen LogP contribution is -2.51. The molecule has 3 aliphatic heterocycles. The molecule has 34 heavy (non-hydrogen) atoms. The van der Waals surface area contributed by atoms with E-state index >= 15 is 0 Å². The van der Waals surface area contributed by atoms with Gasteiger partial charge >= 0.3 is 0 Å². The van der Waals surface area contributed by atoms with Crippen molar-refractivity contribution < 1.29 is 4.92 Å². The van der Waals surface area contributed by atoms with E-state index in [1.165, 1.54) is 29.7 Å². The number of fused-ring (bicyclic) bond motifs is 10. The molecule has 4 heterocycles. The predicted octanol–water partition coefficient (Wildman–Crippen LogP) is 2.62. The molecule has 180 valence electrons. The van der Waals surface area contributed by atoms with Crippen LogP contribution in [0, 0.1) is 10.1 Å². The van der Waals surface area contributed by atoms with Gasteiger partial charge in [-0.05, 0) is 23.1 Å². The van der Waals surface area contributed by atoms with Crippen LogP contribution in [0.25, 0.3) is 10.9 Å². The summed E-state index contributed by atoms with van der Waals surface area (Å²) in [4.78, 5) is 18.4. The molecule has 1 aromatic heterocycles. The van der Waals surface area contributed by atoms with Gasteiger partial charge < -0.3 is 9.88 Å². The molecule has 0 atom stereocenters. The number of hydrogen-bond donors (Lipinski definition) is 1. The van der Waals surface area contributed by atoms with Crippen LogP contribution in [0.15, 0.2) is 54.6 Å².